The van der Waals surface area contributed by atoms with E-state index in [1.165, 1.54) is 11.1 Å². The summed E-state index contributed by atoms with van der Waals surface area (Å²) in [5.74, 6) is 1.05. The second kappa shape index (κ2) is 10.8. The monoisotopic (exact) mass is 494 g/mol. The van der Waals surface area contributed by atoms with Crippen molar-refractivity contribution in [1.29, 1.82) is 0 Å². The minimum absolute atomic E-state index is 0.0513. The molecule has 2 aromatic heterocycles. The summed E-state index contributed by atoms with van der Waals surface area (Å²) in [6, 6.07) is 6.17. The van der Waals surface area contributed by atoms with Crippen LogP contribution in [0.3, 0.4) is 0 Å². The molecule has 4 heterocycles. The third-order valence-corrected chi connectivity index (χ3v) is 7.62. The van der Waals surface area contributed by atoms with Crippen LogP contribution >= 0.6 is 0 Å². The van der Waals surface area contributed by atoms with Crippen LogP contribution in [0.5, 0.6) is 0 Å². The lowest BCUT2D eigenvalue weighted by Gasteiger charge is -2.35. The summed E-state index contributed by atoms with van der Waals surface area (Å²) in [6.45, 7) is 12.0. The van der Waals surface area contributed by atoms with Crippen molar-refractivity contribution >= 4 is 10.9 Å². The highest BCUT2D eigenvalue weighted by atomic mass is 16.5. The van der Waals surface area contributed by atoms with Gasteiger partial charge in [-0.15, -0.1) is 5.10 Å². The number of hydrogen-bond acceptors (Lipinski definition) is 7. The minimum Gasteiger partial charge on any atom is -0.377 e. The zero-order valence-electron chi connectivity index (χ0n) is 21.9. The molecule has 1 N–H and O–H groups in total. The second-order valence-corrected chi connectivity index (χ2v) is 10.8. The number of aryl methyl sites for hydroxylation is 2. The molecule has 1 aromatic carbocycles. The molecule has 9 heteroatoms. The van der Waals surface area contributed by atoms with E-state index in [1.54, 1.807) is 0 Å². The molecule has 36 heavy (non-hydrogen) atoms. The van der Waals surface area contributed by atoms with Crippen LogP contribution < -0.4 is 5.56 Å². The summed E-state index contributed by atoms with van der Waals surface area (Å²) in [5, 5.41) is 13.9. The van der Waals surface area contributed by atoms with E-state index in [-0.39, 0.29) is 29.7 Å². The molecule has 0 radical (unpaired) electrons. The molecule has 0 aliphatic carbocycles. The smallest absolute Gasteiger partial charge is 0.252 e. The van der Waals surface area contributed by atoms with Crippen molar-refractivity contribution in [2.75, 3.05) is 19.8 Å². The van der Waals surface area contributed by atoms with E-state index < -0.39 is 0 Å². The summed E-state index contributed by atoms with van der Waals surface area (Å²) in [6.07, 6.45) is 4.46. The highest BCUT2D eigenvalue weighted by molar-refractivity contribution is 5.80. The van der Waals surface area contributed by atoms with Crippen LogP contribution in [0.2, 0.25) is 0 Å². The van der Waals surface area contributed by atoms with Crippen molar-refractivity contribution in [3.05, 3.63) is 51.1 Å². The van der Waals surface area contributed by atoms with Gasteiger partial charge < -0.3 is 14.5 Å². The first-order valence-corrected chi connectivity index (χ1v) is 13.3. The van der Waals surface area contributed by atoms with Gasteiger partial charge in [-0.2, -0.15) is 0 Å². The van der Waals surface area contributed by atoms with Crippen molar-refractivity contribution in [3.63, 3.8) is 0 Å². The van der Waals surface area contributed by atoms with Crippen molar-refractivity contribution in [2.45, 2.75) is 84.7 Å². The van der Waals surface area contributed by atoms with Gasteiger partial charge in [-0.3, -0.25) is 9.69 Å². The molecule has 0 spiro atoms. The van der Waals surface area contributed by atoms with E-state index in [9.17, 15) is 4.79 Å². The van der Waals surface area contributed by atoms with E-state index in [0.29, 0.717) is 13.1 Å². The van der Waals surface area contributed by atoms with E-state index in [1.807, 2.05) is 10.7 Å². The fourth-order valence-corrected chi connectivity index (χ4v) is 5.60. The lowest BCUT2D eigenvalue weighted by atomic mass is 9.99. The van der Waals surface area contributed by atoms with Crippen LogP contribution in [-0.4, -0.2) is 62.1 Å². The number of pyridine rings is 1. The average molecular weight is 495 g/mol. The Hall–Kier alpha value is -2.62. The number of H-pyrrole nitrogens is 1. The number of rotatable bonds is 9. The number of nitrogens with one attached hydrogen (secondary N) is 1. The van der Waals surface area contributed by atoms with E-state index in [2.05, 4.69) is 65.2 Å². The maximum absolute atomic E-state index is 13.2. The first-order chi connectivity index (χ1) is 17.4. The Kier molecular flexibility index (Phi) is 7.50. The molecule has 0 unspecified atom stereocenters. The van der Waals surface area contributed by atoms with E-state index in [0.717, 1.165) is 67.7 Å². The van der Waals surface area contributed by atoms with Gasteiger partial charge in [0.25, 0.3) is 5.56 Å². The third-order valence-electron chi connectivity index (χ3n) is 7.62. The van der Waals surface area contributed by atoms with Gasteiger partial charge in [-0.1, -0.05) is 13.8 Å². The summed E-state index contributed by atoms with van der Waals surface area (Å²) in [7, 11) is 0. The molecule has 3 aromatic rings. The van der Waals surface area contributed by atoms with Gasteiger partial charge in [0.15, 0.2) is 5.82 Å². The Morgan fingerprint density at radius 3 is 2.50 bits per heavy atom. The van der Waals surface area contributed by atoms with Crippen molar-refractivity contribution < 1.29 is 9.47 Å². The number of aromatic nitrogens is 5. The lowest BCUT2D eigenvalue weighted by Crippen LogP contribution is -2.40. The van der Waals surface area contributed by atoms with Crippen molar-refractivity contribution in [1.82, 2.24) is 30.1 Å². The third kappa shape index (κ3) is 5.38. The molecule has 3 atom stereocenters. The van der Waals surface area contributed by atoms with Gasteiger partial charge in [0.05, 0.1) is 24.8 Å². The Labute approximate surface area is 212 Å². The molecule has 5 rings (SSSR count). The van der Waals surface area contributed by atoms with Gasteiger partial charge in [0.1, 0.15) is 0 Å². The SMILES string of the molecule is Cc1cc2cc(CN(C[C@H]3CCCO3)[C@@H](c3nnnn3C[C@@H]3CCCO3)C(C)C)c(=O)[nH]c2cc1C. The Bertz CT molecular complexity index is 1240. The van der Waals surface area contributed by atoms with Crippen LogP contribution in [0.4, 0.5) is 0 Å². The Balaban J connectivity index is 1.50. The summed E-state index contributed by atoms with van der Waals surface area (Å²) >= 11 is 0. The number of nitrogens with zero attached hydrogens (tertiary/aromatic N) is 5. The van der Waals surface area contributed by atoms with Crippen LogP contribution in [0, 0.1) is 19.8 Å². The number of fused-ring (bicyclic) bond motifs is 1. The molecule has 2 aliphatic rings. The molecular formula is C27H38N6O3. The summed E-state index contributed by atoms with van der Waals surface area (Å²) in [5.41, 5.74) is 3.95. The Morgan fingerprint density at radius 1 is 1.08 bits per heavy atom. The van der Waals surface area contributed by atoms with Gasteiger partial charge in [0.2, 0.25) is 0 Å². The minimum atomic E-state index is -0.0690. The number of benzene rings is 1. The zero-order valence-corrected chi connectivity index (χ0v) is 21.9. The van der Waals surface area contributed by atoms with Gasteiger partial charge >= 0.3 is 0 Å². The number of hydrogen-bond donors (Lipinski definition) is 1. The zero-order chi connectivity index (χ0) is 25.2. The average Bonchev–Trinajstić information content (AvgIpc) is 3.61. The van der Waals surface area contributed by atoms with Crippen LogP contribution in [0.1, 0.15) is 68.1 Å². The van der Waals surface area contributed by atoms with E-state index in [4.69, 9.17) is 9.47 Å². The fourth-order valence-electron chi connectivity index (χ4n) is 5.60. The molecule has 2 fully saturated rings. The highest BCUT2D eigenvalue weighted by Gasteiger charge is 2.33. The Morgan fingerprint density at radius 2 is 1.81 bits per heavy atom. The predicted molar refractivity (Wildman–Crippen MR) is 138 cm³/mol. The van der Waals surface area contributed by atoms with Gasteiger partial charge in [-0.25, -0.2) is 4.68 Å². The quantitative estimate of drug-likeness (QED) is 0.484. The number of ether oxygens (including phenoxy) is 2. The predicted octanol–water partition coefficient (Wildman–Crippen LogP) is 3.69. The summed E-state index contributed by atoms with van der Waals surface area (Å²) < 4.78 is 13.8. The maximum atomic E-state index is 13.2. The normalized spacial score (nSPS) is 21.3. The first kappa shape index (κ1) is 25.0. The molecule has 9 nitrogen and oxygen atoms in total. The fraction of sp³-hybridized carbons (Fsp3) is 0.630. The molecule has 0 amide bonds. The molecule has 2 saturated heterocycles. The molecule has 0 saturated carbocycles. The number of aromatic amines is 1. The number of tetrazole rings is 1. The first-order valence-electron chi connectivity index (χ1n) is 13.3. The lowest BCUT2D eigenvalue weighted by molar-refractivity contribution is 0.0365. The largest absolute Gasteiger partial charge is 0.377 e. The highest BCUT2D eigenvalue weighted by Crippen LogP contribution is 2.31. The van der Waals surface area contributed by atoms with Crippen molar-refractivity contribution in [2.24, 2.45) is 5.92 Å². The van der Waals surface area contributed by atoms with Crippen LogP contribution in [0.25, 0.3) is 10.9 Å². The summed E-state index contributed by atoms with van der Waals surface area (Å²) in [4.78, 5) is 18.7. The van der Waals surface area contributed by atoms with Crippen molar-refractivity contribution in [3.8, 4) is 0 Å². The maximum Gasteiger partial charge on any atom is 0.252 e. The standard InChI is InChI=1S/C27H38N6O3/c1-17(2)25(26-29-30-31-33(26)16-23-8-6-10-36-23)32(15-22-7-5-9-35-22)14-21-13-20-11-18(3)19(4)12-24(20)28-27(21)34/h11-13,17,22-23,25H,5-10,14-16H2,1-4H3,(H,28,34)/t22-,23+,25-/m1/s1. The van der Waals surface area contributed by atoms with Gasteiger partial charge in [-0.05, 0) is 90.6 Å². The molecule has 2 aliphatic heterocycles. The van der Waals surface area contributed by atoms with E-state index >= 15 is 0 Å². The molecular weight excluding hydrogens is 456 g/mol. The topological polar surface area (TPSA) is 98.2 Å². The van der Waals surface area contributed by atoms with Crippen LogP contribution in [0.15, 0.2) is 23.0 Å². The van der Waals surface area contributed by atoms with Gasteiger partial charge in [0, 0.05) is 37.4 Å². The molecule has 0 bridgehead atoms. The second-order valence-electron chi connectivity index (χ2n) is 10.8. The molecule has 194 valence electrons. The van der Waals surface area contributed by atoms with Crippen LogP contribution in [-0.2, 0) is 22.6 Å².